The summed E-state index contributed by atoms with van der Waals surface area (Å²) in [5.41, 5.74) is 0.604. The van der Waals surface area contributed by atoms with Gasteiger partial charge in [-0.05, 0) is 23.6 Å². The third-order valence-corrected chi connectivity index (χ3v) is 3.20. The molecule has 1 atom stereocenters. The fourth-order valence-electron chi connectivity index (χ4n) is 2.05. The molecule has 0 aliphatic rings. The Kier molecular flexibility index (Phi) is 4.32. The van der Waals surface area contributed by atoms with Crippen LogP contribution < -0.4 is 5.32 Å². The van der Waals surface area contributed by atoms with Crippen molar-refractivity contribution < 1.29 is 13.2 Å². The number of alkyl halides is 3. The molecule has 106 valence electrons. The maximum absolute atomic E-state index is 12.9. The number of nitrogens with one attached hydrogen (secondary N) is 1. The predicted molar refractivity (Wildman–Crippen MR) is 74.8 cm³/mol. The minimum absolute atomic E-state index is 0.128. The molecule has 0 fully saturated rings. The Bertz CT molecular complexity index is 549. The first-order chi connectivity index (χ1) is 9.48. The molecule has 0 heterocycles. The van der Waals surface area contributed by atoms with Gasteiger partial charge in [-0.3, -0.25) is 0 Å². The van der Waals surface area contributed by atoms with Gasteiger partial charge in [0, 0.05) is 12.2 Å². The highest BCUT2D eigenvalue weighted by molar-refractivity contribution is 5.52. The van der Waals surface area contributed by atoms with E-state index in [0.29, 0.717) is 6.54 Å². The standard InChI is InChI=1S/C16H16F3N/c1-12(13-7-3-2-4-8-13)11-20-15-10-6-5-9-14(15)16(17,18)19/h2-10,12,20H,11H2,1H3. The quantitative estimate of drug-likeness (QED) is 0.837. The topological polar surface area (TPSA) is 12.0 Å². The van der Waals surface area contributed by atoms with Crippen molar-refractivity contribution in [2.75, 3.05) is 11.9 Å². The molecule has 1 N–H and O–H groups in total. The van der Waals surface area contributed by atoms with Crippen molar-refractivity contribution in [1.29, 1.82) is 0 Å². The van der Waals surface area contributed by atoms with Gasteiger partial charge >= 0.3 is 6.18 Å². The van der Waals surface area contributed by atoms with Crippen molar-refractivity contribution in [2.45, 2.75) is 19.0 Å². The zero-order valence-electron chi connectivity index (χ0n) is 11.1. The summed E-state index contributed by atoms with van der Waals surface area (Å²) in [6.45, 7) is 2.44. The molecule has 0 saturated heterocycles. The predicted octanol–water partition coefficient (Wildman–Crippen LogP) is 4.92. The molecule has 1 unspecified atom stereocenters. The largest absolute Gasteiger partial charge is 0.418 e. The van der Waals surface area contributed by atoms with Crippen molar-refractivity contribution in [2.24, 2.45) is 0 Å². The number of rotatable bonds is 4. The van der Waals surface area contributed by atoms with Crippen LogP contribution in [-0.4, -0.2) is 6.54 Å². The van der Waals surface area contributed by atoms with Crippen LogP contribution in [0.3, 0.4) is 0 Å². The van der Waals surface area contributed by atoms with Gasteiger partial charge in [0.25, 0.3) is 0 Å². The Hall–Kier alpha value is -1.97. The van der Waals surface area contributed by atoms with Gasteiger partial charge in [0.1, 0.15) is 0 Å². The zero-order chi connectivity index (χ0) is 14.6. The van der Waals surface area contributed by atoms with E-state index in [-0.39, 0.29) is 11.6 Å². The summed E-state index contributed by atoms with van der Waals surface area (Å²) in [6.07, 6.45) is -4.33. The molecule has 2 aromatic rings. The third kappa shape index (κ3) is 3.53. The van der Waals surface area contributed by atoms with Crippen molar-refractivity contribution in [3.8, 4) is 0 Å². The van der Waals surface area contributed by atoms with Crippen LogP contribution in [0.1, 0.15) is 24.0 Å². The first-order valence-electron chi connectivity index (χ1n) is 6.43. The Balaban J connectivity index is 2.08. The minimum Gasteiger partial charge on any atom is -0.384 e. The average molecular weight is 279 g/mol. The van der Waals surface area contributed by atoms with Gasteiger partial charge in [-0.15, -0.1) is 0 Å². The second-order valence-corrected chi connectivity index (χ2v) is 4.74. The first kappa shape index (κ1) is 14.4. The van der Waals surface area contributed by atoms with Crippen molar-refractivity contribution >= 4 is 5.69 Å². The molecule has 0 aliphatic carbocycles. The Morgan fingerprint density at radius 3 is 2.20 bits per heavy atom. The maximum Gasteiger partial charge on any atom is 0.418 e. The van der Waals surface area contributed by atoms with E-state index in [2.05, 4.69) is 5.32 Å². The number of hydrogen-bond acceptors (Lipinski definition) is 1. The van der Waals surface area contributed by atoms with Gasteiger partial charge in [-0.1, -0.05) is 49.4 Å². The molecule has 0 bridgehead atoms. The van der Waals surface area contributed by atoms with Gasteiger partial charge in [-0.25, -0.2) is 0 Å². The van der Waals surface area contributed by atoms with Crippen molar-refractivity contribution in [3.63, 3.8) is 0 Å². The van der Waals surface area contributed by atoms with Crippen LogP contribution in [0.15, 0.2) is 54.6 Å². The summed E-state index contributed by atoms with van der Waals surface area (Å²) < 4.78 is 38.6. The lowest BCUT2D eigenvalue weighted by Gasteiger charge is -2.17. The molecule has 0 amide bonds. The van der Waals surface area contributed by atoms with E-state index in [0.717, 1.165) is 11.6 Å². The summed E-state index contributed by atoms with van der Waals surface area (Å²) >= 11 is 0. The number of hydrogen-bond donors (Lipinski definition) is 1. The lowest BCUT2D eigenvalue weighted by molar-refractivity contribution is -0.136. The third-order valence-electron chi connectivity index (χ3n) is 3.20. The number of benzene rings is 2. The second kappa shape index (κ2) is 5.99. The van der Waals surface area contributed by atoms with E-state index < -0.39 is 11.7 Å². The molecule has 0 aromatic heterocycles. The Morgan fingerprint density at radius 2 is 1.55 bits per heavy atom. The van der Waals surface area contributed by atoms with Crippen LogP contribution in [0.4, 0.5) is 18.9 Å². The smallest absolute Gasteiger partial charge is 0.384 e. The Morgan fingerprint density at radius 1 is 0.950 bits per heavy atom. The van der Waals surface area contributed by atoms with Crippen LogP contribution in [0.5, 0.6) is 0 Å². The summed E-state index contributed by atoms with van der Waals surface area (Å²) in [5, 5.41) is 2.90. The van der Waals surface area contributed by atoms with Crippen LogP contribution in [0.25, 0.3) is 0 Å². The summed E-state index contributed by atoms with van der Waals surface area (Å²) in [6, 6.07) is 15.3. The first-order valence-corrected chi connectivity index (χ1v) is 6.43. The number of halogens is 3. The lowest BCUT2D eigenvalue weighted by Crippen LogP contribution is -2.14. The molecule has 0 radical (unpaired) electrons. The lowest BCUT2D eigenvalue weighted by atomic mass is 10.0. The van der Waals surface area contributed by atoms with Crippen LogP contribution in [0.2, 0.25) is 0 Å². The van der Waals surface area contributed by atoms with E-state index in [9.17, 15) is 13.2 Å². The zero-order valence-corrected chi connectivity index (χ0v) is 11.1. The highest BCUT2D eigenvalue weighted by atomic mass is 19.4. The van der Waals surface area contributed by atoms with Crippen molar-refractivity contribution in [1.82, 2.24) is 0 Å². The molecule has 0 spiro atoms. The number of anilines is 1. The number of para-hydroxylation sites is 1. The van der Waals surface area contributed by atoms with Crippen LogP contribution >= 0.6 is 0 Å². The molecular formula is C16H16F3N. The van der Waals surface area contributed by atoms with E-state index in [1.165, 1.54) is 12.1 Å². The maximum atomic E-state index is 12.9. The van der Waals surface area contributed by atoms with Crippen LogP contribution in [0, 0.1) is 0 Å². The molecule has 20 heavy (non-hydrogen) atoms. The highest BCUT2D eigenvalue weighted by Crippen LogP contribution is 2.34. The van der Waals surface area contributed by atoms with E-state index >= 15 is 0 Å². The Labute approximate surface area is 116 Å². The average Bonchev–Trinajstić information content (AvgIpc) is 2.45. The fraction of sp³-hybridized carbons (Fsp3) is 0.250. The molecule has 4 heteroatoms. The van der Waals surface area contributed by atoms with Gasteiger partial charge in [-0.2, -0.15) is 13.2 Å². The SMILES string of the molecule is CC(CNc1ccccc1C(F)(F)F)c1ccccc1. The second-order valence-electron chi connectivity index (χ2n) is 4.74. The molecular weight excluding hydrogens is 263 g/mol. The van der Waals surface area contributed by atoms with Gasteiger partial charge < -0.3 is 5.32 Å². The summed E-state index contributed by atoms with van der Waals surface area (Å²) in [5.74, 6) is 0.137. The van der Waals surface area contributed by atoms with E-state index in [4.69, 9.17) is 0 Å². The van der Waals surface area contributed by atoms with Crippen molar-refractivity contribution in [3.05, 3.63) is 65.7 Å². The molecule has 2 rings (SSSR count). The molecule has 1 nitrogen and oxygen atoms in total. The normalized spacial score (nSPS) is 13.0. The monoisotopic (exact) mass is 279 g/mol. The molecule has 0 saturated carbocycles. The van der Waals surface area contributed by atoms with Gasteiger partial charge in [0.05, 0.1) is 5.56 Å². The molecule has 2 aromatic carbocycles. The fourth-order valence-corrected chi connectivity index (χ4v) is 2.05. The minimum atomic E-state index is -4.33. The van der Waals surface area contributed by atoms with E-state index in [1.807, 2.05) is 37.3 Å². The van der Waals surface area contributed by atoms with E-state index in [1.54, 1.807) is 6.07 Å². The summed E-state index contributed by atoms with van der Waals surface area (Å²) in [7, 11) is 0. The van der Waals surface area contributed by atoms with Crippen LogP contribution in [-0.2, 0) is 6.18 Å². The summed E-state index contributed by atoms with van der Waals surface area (Å²) in [4.78, 5) is 0. The highest BCUT2D eigenvalue weighted by Gasteiger charge is 2.33. The molecule has 0 aliphatic heterocycles. The van der Waals surface area contributed by atoms with Gasteiger partial charge in [0.2, 0.25) is 0 Å². The van der Waals surface area contributed by atoms with Gasteiger partial charge in [0.15, 0.2) is 0 Å².